The Morgan fingerprint density at radius 2 is 2.03 bits per heavy atom. The van der Waals surface area contributed by atoms with Crippen molar-refractivity contribution in [3.05, 3.63) is 77.9 Å². The van der Waals surface area contributed by atoms with E-state index >= 15 is 0 Å². The van der Waals surface area contributed by atoms with Crippen molar-refractivity contribution in [2.75, 3.05) is 13.7 Å². The van der Waals surface area contributed by atoms with E-state index in [-0.39, 0.29) is 5.91 Å². The van der Waals surface area contributed by atoms with E-state index in [1.165, 1.54) is 12.4 Å². The van der Waals surface area contributed by atoms with Gasteiger partial charge in [-0.05, 0) is 41.8 Å². The number of aromatic nitrogens is 3. The second kappa shape index (κ2) is 10.1. The van der Waals surface area contributed by atoms with Crippen molar-refractivity contribution in [3.8, 4) is 11.5 Å². The van der Waals surface area contributed by atoms with Crippen molar-refractivity contribution < 1.29 is 14.3 Å². The Labute approximate surface area is 170 Å². The van der Waals surface area contributed by atoms with Crippen LogP contribution in [0.2, 0.25) is 0 Å². The molecule has 0 aliphatic heterocycles. The molecule has 0 bridgehead atoms. The van der Waals surface area contributed by atoms with Gasteiger partial charge >= 0.3 is 0 Å². The number of carbonyl (C=O) groups excluding carboxylic acids is 1. The van der Waals surface area contributed by atoms with Crippen molar-refractivity contribution in [1.29, 1.82) is 0 Å². The van der Waals surface area contributed by atoms with Crippen molar-refractivity contribution in [2.24, 2.45) is 0 Å². The largest absolute Gasteiger partial charge is 0.493 e. The lowest BCUT2D eigenvalue weighted by molar-refractivity contribution is -0.116. The van der Waals surface area contributed by atoms with Gasteiger partial charge in [0.1, 0.15) is 12.7 Å². The normalized spacial score (nSPS) is 10.8. The minimum atomic E-state index is -0.167. The number of rotatable bonds is 9. The highest BCUT2D eigenvalue weighted by Crippen LogP contribution is 2.28. The van der Waals surface area contributed by atoms with Gasteiger partial charge in [0.25, 0.3) is 0 Å². The lowest BCUT2D eigenvalue weighted by Gasteiger charge is -2.09. The molecular weight excluding hydrogens is 368 g/mol. The third-order valence-electron chi connectivity index (χ3n) is 4.18. The molecule has 0 radical (unpaired) electrons. The predicted molar refractivity (Wildman–Crippen MR) is 111 cm³/mol. The zero-order valence-electron chi connectivity index (χ0n) is 16.5. The molecule has 0 unspecified atom stereocenters. The third-order valence-corrected chi connectivity index (χ3v) is 4.18. The van der Waals surface area contributed by atoms with Crippen LogP contribution in [0.1, 0.15) is 23.6 Å². The van der Waals surface area contributed by atoms with Gasteiger partial charge in [-0.1, -0.05) is 30.3 Å². The molecule has 3 rings (SSSR count). The summed E-state index contributed by atoms with van der Waals surface area (Å²) >= 11 is 0. The van der Waals surface area contributed by atoms with Gasteiger partial charge in [0, 0.05) is 12.6 Å². The fourth-order valence-corrected chi connectivity index (χ4v) is 2.82. The molecule has 0 saturated heterocycles. The van der Waals surface area contributed by atoms with Crippen molar-refractivity contribution in [2.45, 2.75) is 20.0 Å². The number of hydrogen-bond donors (Lipinski definition) is 1. The van der Waals surface area contributed by atoms with E-state index in [9.17, 15) is 4.79 Å². The van der Waals surface area contributed by atoms with E-state index in [2.05, 4.69) is 15.4 Å². The van der Waals surface area contributed by atoms with Crippen LogP contribution in [0.15, 0.2) is 61.2 Å². The molecule has 7 nitrogen and oxygen atoms in total. The van der Waals surface area contributed by atoms with Crippen LogP contribution >= 0.6 is 0 Å². The predicted octanol–water partition coefficient (Wildman–Crippen LogP) is 3.06. The highest BCUT2D eigenvalue weighted by Gasteiger charge is 2.04. The first kappa shape index (κ1) is 20.1. The molecule has 1 heterocycles. The summed E-state index contributed by atoms with van der Waals surface area (Å²) < 4.78 is 12.6. The van der Waals surface area contributed by atoms with Gasteiger partial charge in [0.15, 0.2) is 11.5 Å². The molecule has 29 heavy (non-hydrogen) atoms. The Kier molecular flexibility index (Phi) is 7.00. The van der Waals surface area contributed by atoms with E-state index in [0.29, 0.717) is 31.2 Å². The second-order valence-electron chi connectivity index (χ2n) is 6.31. The summed E-state index contributed by atoms with van der Waals surface area (Å²) in [6.45, 7) is 3.57. The van der Waals surface area contributed by atoms with Crippen LogP contribution in [0.25, 0.3) is 6.08 Å². The number of carbonyl (C=O) groups is 1. The van der Waals surface area contributed by atoms with E-state index in [0.717, 1.165) is 16.7 Å². The van der Waals surface area contributed by atoms with Crippen LogP contribution in [0, 0.1) is 0 Å². The number of nitrogens with zero attached hydrogens (tertiary/aromatic N) is 3. The van der Waals surface area contributed by atoms with Crippen molar-refractivity contribution in [1.82, 2.24) is 20.1 Å². The Balaban J connectivity index is 1.56. The third kappa shape index (κ3) is 5.93. The lowest BCUT2D eigenvalue weighted by Crippen LogP contribution is -2.20. The zero-order chi connectivity index (χ0) is 20.5. The Hall–Kier alpha value is -3.61. The van der Waals surface area contributed by atoms with Crippen LogP contribution in [-0.2, 0) is 17.9 Å². The van der Waals surface area contributed by atoms with E-state index in [4.69, 9.17) is 9.47 Å². The molecule has 1 aromatic heterocycles. The van der Waals surface area contributed by atoms with Gasteiger partial charge < -0.3 is 14.8 Å². The molecule has 0 aliphatic carbocycles. The summed E-state index contributed by atoms with van der Waals surface area (Å²) in [5, 5.41) is 7.01. The number of hydrogen-bond acceptors (Lipinski definition) is 5. The molecular formula is C22H24N4O3. The highest BCUT2D eigenvalue weighted by atomic mass is 16.5. The summed E-state index contributed by atoms with van der Waals surface area (Å²) in [4.78, 5) is 16.1. The number of amides is 1. The molecule has 0 aliphatic rings. The van der Waals surface area contributed by atoms with Crippen LogP contribution in [-0.4, -0.2) is 34.4 Å². The number of ether oxygens (including phenoxy) is 2. The Morgan fingerprint density at radius 3 is 2.79 bits per heavy atom. The van der Waals surface area contributed by atoms with E-state index in [1.807, 2.05) is 49.4 Å². The Bertz CT molecular complexity index is 968. The molecule has 0 fully saturated rings. The first-order chi connectivity index (χ1) is 14.2. The average molecular weight is 392 g/mol. The average Bonchev–Trinajstić information content (AvgIpc) is 3.25. The van der Waals surface area contributed by atoms with Crippen molar-refractivity contribution >= 4 is 12.0 Å². The van der Waals surface area contributed by atoms with Gasteiger partial charge in [-0.25, -0.2) is 9.67 Å². The minimum Gasteiger partial charge on any atom is -0.493 e. The SMILES string of the molecule is CCOc1ccc(/C=C/C(=O)NCc2cccc(Cn3cncn3)c2)cc1OC. The van der Waals surface area contributed by atoms with E-state index in [1.54, 1.807) is 24.2 Å². The summed E-state index contributed by atoms with van der Waals surface area (Å²) in [6.07, 6.45) is 6.44. The van der Waals surface area contributed by atoms with Gasteiger partial charge in [0.2, 0.25) is 5.91 Å². The molecule has 7 heteroatoms. The molecule has 3 aromatic rings. The number of benzene rings is 2. The van der Waals surface area contributed by atoms with Gasteiger partial charge in [-0.15, -0.1) is 0 Å². The van der Waals surface area contributed by atoms with Crippen LogP contribution in [0.4, 0.5) is 0 Å². The van der Waals surface area contributed by atoms with Gasteiger partial charge in [-0.3, -0.25) is 4.79 Å². The summed E-state index contributed by atoms with van der Waals surface area (Å²) in [5.41, 5.74) is 2.97. The summed E-state index contributed by atoms with van der Waals surface area (Å²) in [6, 6.07) is 13.6. The Morgan fingerprint density at radius 1 is 1.17 bits per heavy atom. The lowest BCUT2D eigenvalue weighted by atomic mass is 10.1. The maximum absolute atomic E-state index is 12.2. The quantitative estimate of drug-likeness (QED) is 0.566. The van der Waals surface area contributed by atoms with Crippen LogP contribution < -0.4 is 14.8 Å². The zero-order valence-corrected chi connectivity index (χ0v) is 16.5. The number of methoxy groups -OCH3 is 1. The van der Waals surface area contributed by atoms with E-state index < -0.39 is 0 Å². The molecule has 0 spiro atoms. The minimum absolute atomic E-state index is 0.167. The van der Waals surface area contributed by atoms with Crippen LogP contribution in [0.5, 0.6) is 11.5 Å². The topological polar surface area (TPSA) is 78.3 Å². The second-order valence-corrected chi connectivity index (χ2v) is 6.31. The molecule has 150 valence electrons. The monoisotopic (exact) mass is 392 g/mol. The molecule has 0 saturated carbocycles. The fourth-order valence-electron chi connectivity index (χ4n) is 2.82. The highest BCUT2D eigenvalue weighted by molar-refractivity contribution is 5.91. The standard InChI is InChI=1S/C22H24N4O3/c1-3-29-20-9-7-17(12-21(20)28-2)8-10-22(27)24-13-18-5-4-6-19(11-18)14-26-16-23-15-25-26/h4-12,15-16H,3,13-14H2,1-2H3,(H,24,27)/b10-8+. The smallest absolute Gasteiger partial charge is 0.244 e. The van der Waals surface area contributed by atoms with Gasteiger partial charge in [0.05, 0.1) is 20.3 Å². The molecule has 1 amide bonds. The molecule has 0 atom stereocenters. The summed E-state index contributed by atoms with van der Waals surface area (Å²) in [5.74, 6) is 1.15. The van der Waals surface area contributed by atoms with Crippen molar-refractivity contribution in [3.63, 3.8) is 0 Å². The summed E-state index contributed by atoms with van der Waals surface area (Å²) in [7, 11) is 1.59. The number of nitrogens with one attached hydrogen (secondary N) is 1. The van der Waals surface area contributed by atoms with Gasteiger partial charge in [-0.2, -0.15) is 5.10 Å². The fraction of sp³-hybridized carbons (Fsp3) is 0.227. The first-order valence-corrected chi connectivity index (χ1v) is 9.35. The first-order valence-electron chi connectivity index (χ1n) is 9.35. The maximum Gasteiger partial charge on any atom is 0.244 e. The van der Waals surface area contributed by atoms with Crippen LogP contribution in [0.3, 0.4) is 0 Å². The molecule has 1 N–H and O–H groups in total. The molecule has 2 aromatic carbocycles. The maximum atomic E-state index is 12.2.